The van der Waals surface area contributed by atoms with Crippen LogP contribution in [0.2, 0.25) is 0 Å². The van der Waals surface area contributed by atoms with E-state index in [2.05, 4.69) is 63.8 Å². The van der Waals surface area contributed by atoms with Gasteiger partial charge in [-0.2, -0.15) is 0 Å². The molecule has 1 aromatic carbocycles. The molecule has 0 aliphatic carbocycles. The number of aliphatic hydroxyl groups is 1. The standard InChI is InChI=1S/C47H75N15O16/c1-3-27(2)40(46(76)60-32(47(77)78)11-7-15-48)62-39(70)23-52-35(66)20-53-42(72)33(19-28-9-5-4-6-10-28)61-45(75)31(14-17-50)59-44(74)30(12-8-18-63)57-37(68)22-51-36(67)21-54-43(73)34(25-64)58-38(69)24-55-41(71)29(13-16-49)56-26-65/h4-6,9-10,18,26-27,29-34,40,64H,3,7-8,11-17,19-25,48-50H2,1-2H3,(H,51,67)(H,52,66)(H,53,72)(H,54,73)(H,55,71)(H,56,65)(H,57,68)(H,58,69)(H,59,74)(H,60,76)(H,61,75)(H,62,70)(H,77,78). The lowest BCUT2D eigenvalue weighted by atomic mass is 9.97. The Morgan fingerprint density at radius 2 is 0.974 bits per heavy atom. The van der Waals surface area contributed by atoms with Gasteiger partial charge in [-0.15, -0.1) is 0 Å². The maximum absolute atomic E-state index is 13.8. The van der Waals surface area contributed by atoms with Gasteiger partial charge in [0.1, 0.15) is 48.6 Å². The van der Waals surface area contributed by atoms with Crippen LogP contribution in [0.15, 0.2) is 30.3 Å². The van der Waals surface area contributed by atoms with Crippen molar-refractivity contribution in [3.63, 3.8) is 0 Å². The number of aldehydes is 1. The van der Waals surface area contributed by atoms with Crippen LogP contribution in [0.5, 0.6) is 0 Å². The first-order valence-corrected chi connectivity index (χ1v) is 24.9. The van der Waals surface area contributed by atoms with E-state index in [1.54, 1.807) is 44.2 Å². The van der Waals surface area contributed by atoms with Gasteiger partial charge in [0.2, 0.25) is 71.4 Å². The van der Waals surface area contributed by atoms with E-state index in [0.717, 1.165) is 0 Å². The van der Waals surface area contributed by atoms with Gasteiger partial charge in [-0.3, -0.25) is 57.5 Å². The zero-order valence-electron chi connectivity index (χ0n) is 43.5. The van der Waals surface area contributed by atoms with Gasteiger partial charge in [0.05, 0.1) is 39.3 Å². The number of nitrogens with one attached hydrogen (secondary N) is 12. The van der Waals surface area contributed by atoms with Crippen LogP contribution < -0.4 is 81.0 Å². The van der Waals surface area contributed by atoms with Crippen molar-refractivity contribution in [3.8, 4) is 0 Å². The van der Waals surface area contributed by atoms with Crippen molar-refractivity contribution in [3.05, 3.63) is 35.9 Å². The van der Waals surface area contributed by atoms with Gasteiger partial charge in [0.25, 0.3) is 0 Å². The molecular formula is C47H75N15O16. The van der Waals surface area contributed by atoms with Crippen LogP contribution in [0.4, 0.5) is 0 Å². The molecule has 0 saturated heterocycles. The van der Waals surface area contributed by atoms with Crippen molar-refractivity contribution in [2.24, 2.45) is 23.1 Å². The Hall–Kier alpha value is -8.16. The third kappa shape index (κ3) is 27.1. The second-order valence-corrected chi connectivity index (χ2v) is 17.4. The highest BCUT2D eigenvalue weighted by molar-refractivity contribution is 5.97. The van der Waals surface area contributed by atoms with Crippen LogP contribution in [0.25, 0.3) is 0 Å². The molecule has 0 aliphatic rings. The van der Waals surface area contributed by atoms with Gasteiger partial charge in [-0.1, -0.05) is 50.6 Å². The quantitative estimate of drug-likeness (QED) is 0.0271. The minimum absolute atomic E-state index is 0.0478. The molecule has 78 heavy (non-hydrogen) atoms. The van der Waals surface area contributed by atoms with Gasteiger partial charge < -0.3 is 96.0 Å². The number of carboxylic acid groups (broad SMARTS) is 1. The summed E-state index contributed by atoms with van der Waals surface area (Å²) in [6, 6.07) is -0.894. The molecule has 8 atom stereocenters. The summed E-state index contributed by atoms with van der Waals surface area (Å²) in [6.45, 7) is -0.918. The molecule has 1 rings (SSSR count). The molecule has 12 amide bonds. The first-order chi connectivity index (χ1) is 37.2. The van der Waals surface area contributed by atoms with E-state index in [9.17, 15) is 77.3 Å². The summed E-state index contributed by atoms with van der Waals surface area (Å²) in [5, 5.41) is 47.1. The van der Waals surface area contributed by atoms with Gasteiger partial charge in [-0.05, 0) is 63.2 Å². The molecular weight excluding hydrogens is 1030 g/mol. The molecule has 1 aromatic rings. The minimum atomic E-state index is -1.57. The highest BCUT2D eigenvalue weighted by Gasteiger charge is 2.32. The van der Waals surface area contributed by atoms with Crippen molar-refractivity contribution in [1.29, 1.82) is 0 Å². The molecule has 8 unspecified atom stereocenters. The minimum Gasteiger partial charge on any atom is -0.480 e. The molecule has 20 N–H and O–H groups in total. The molecule has 31 heteroatoms. The fourth-order valence-corrected chi connectivity index (χ4v) is 6.89. The monoisotopic (exact) mass is 1110 g/mol. The van der Waals surface area contributed by atoms with Gasteiger partial charge in [-0.25, -0.2) is 4.79 Å². The molecule has 0 radical (unpaired) electrons. The fourth-order valence-electron chi connectivity index (χ4n) is 6.89. The van der Waals surface area contributed by atoms with E-state index in [1.807, 2.05) is 0 Å². The topological polar surface area (TPSA) is 502 Å². The average molecular weight is 1110 g/mol. The Labute approximate surface area is 449 Å². The largest absolute Gasteiger partial charge is 0.480 e. The van der Waals surface area contributed by atoms with E-state index < -0.39 is 158 Å². The third-order valence-electron chi connectivity index (χ3n) is 11.4. The number of hydrogen-bond donors (Lipinski definition) is 17. The second kappa shape index (κ2) is 38.4. The van der Waals surface area contributed by atoms with Crippen LogP contribution in [-0.4, -0.2) is 195 Å². The van der Waals surface area contributed by atoms with Crippen LogP contribution >= 0.6 is 0 Å². The number of carbonyl (C=O) groups excluding carboxylic acids is 13. The molecule has 0 spiro atoms. The Bertz CT molecular complexity index is 2190. The van der Waals surface area contributed by atoms with Gasteiger partial charge in [0.15, 0.2) is 0 Å². The summed E-state index contributed by atoms with van der Waals surface area (Å²) in [5.41, 5.74) is 17.2. The number of rotatable bonds is 40. The van der Waals surface area contributed by atoms with Crippen LogP contribution in [0.3, 0.4) is 0 Å². The molecule has 0 aromatic heterocycles. The molecule has 0 fully saturated rings. The molecule has 0 bridgehead atoms. The van der Waals surface area contributed by atoms with Crippen LogP contribution in [0.1, 0.15) is 64.4 Å². The zero-order valence-corrected chi connectivity index (χ0v) is 43.5. The second-order valence-electron chi connectivity index (χ2n) is 17.4. The lowest BCUT2D eigenvalue weighted by molar-refractivity contribution is -0.142. The van der Waals surface area contributed by atoms with E-state index in [-0.39, 0.29) is 64.6 Å². The summed E-state index contributed by atoms with van der Waals surface area (Å²) in [7, 11) is 0. The maximum Gasteiger partial charge on any atom is 0.326 e. The van der Waals surface area contributed by atoms with Crippen molar-refractivity contribution >= 4 is 83.6 Å². The first kappa shape index (κ1) is 67.9. The van der Waals surface area contributed by atoms with E-state index in [4.69, 9.17) is 17.2 Å². The van der Waals surface area contributed by atoms with Crippen molar-refractivity contribution in [1.82, 2.24) is 63.8 Å². The van der Waals surface area contributed by atoms with Crippen LogP contribution in [0, 0.1) is 5.92 Å². The fraction of sp³-hybridized carbons (Fsp3) is 0.574. The Kier molecular flexibility index (Phi) is 33.4. The number of amides is 12. The van der Waals surface area contributed by atoms with Crippen molar-refractivity contribution in [2.75, 3.05) is 59.0 Å². The summed E-state index contributed by atoms with van der Waals surface area (Å²) >= 11 is 0. The predicted octanol–water partition coefficient (Wildman–Crippen LogP) is -8.63. The summed E-state index contributed by atoms with van der Waals surface area (Å²) in [5.74, 6) is -11.4. The smallest absolute Gasteiger partial charge is 0.326 e. The number of nitrogens with two attached hydrogens (primary N) is 3. The number of benzene rings is 1. The maximum atomic E-state index is 13.8. The van der Waals surface area contributed by atoms with E-state index >= 15 is 0 Å². The first-order valence-electron chi connectivity index (χ1n) is 24.9. The number of carbonyl (C=O) groups is 14. The van der Waals surface area contributed by atoms with E-state index in [0.29, 0.717) is 24.7 Å². The zero-order chi connectivity index (χ0) is 58.6. The Balaban J connectivity index is 2.95. The summed E-state index contributed by atoms with van der Waals surface area (Å²) < 4.78 is 0. The van der Waals surface area contributed by atoms with Gasteiger partial charge in [0, 0.05) is 12.8 Å². The highest BCUT2D eigenvalue weighted by atomic mass is 16.4. The predicted molar refractivity (Wildman–Crippen MR) is 275 cm³/mol. The lowest BCUT2D eigenvalue weighted by Gasteiger charge is -2.25. The van der Waals surface area contributed by atoms with Crippen molar-refractivity contribution in [2.45, 2.75) is 108 Å². The number of hydrogen-bond acceptors (Lipinski definition) is 18. The average Bonchev–Trinajstić information content (AvgIpc) is 3.42. The van der Waals surface area contributed by atoms with E-state index in [1.165, 1.54) is 0 Å². The third-order valence-corrected chi connectivity index (χ3v) is 11.4. The number of aliphatic hydroxyl groups excluding tert-OH is 1. The molecule has 0 aliphatic heterocycles. The summed E-state index contributed by atoms with van der Waals surface area (Å²) in [6.07, 6.45) is 0.781. The SMILES string of the molecule is CCC(C)C(NC(=O)CNC(=O)CNC(=O)C(Cc1ccccc1)NC(=O)C(CCN)NC(=O)C(CCC=O)NC(=O)CNC(=O)CNC(=O)C(CO)NC(=O)CNC(=O)C(CCN)NC=O)C(=O)NC(CCCN)C(=O)O. The molecule has 434 valence electrons. The normalized spacial score (nSPS) is 13.7. The molecule has 0 heterocycles. The van der Waals surface area contributed by atoms with Gasteiger partial charge >= 0.3 is 5.97 Å². The summed E-state index contributed by atoms with van der Waals surface area (Å²) in [4.78, 5) is 176. The molecule has 31 nitrogen and oxygen atoms in total. The molecule has 0 saturated carbocycles. The van der Waals surface area contributed by atoms with Crippen molar-refractivity contribution < 1.29 is 77.3 Å². The Morgan fingerprint density at radius 3 is 1.47 bits per heavy atom. The number of aliphatic carboxylic acids is 1. The van der Waals surface area contributed by atoms with Crippen LogP contribution in [-0.2, 0) is 73.5 Å². The number of carboxylic acids is 1. The Morgan fingerprint density at radius 1 is 0.513 bits per heavy atom. The highest BCUT2D eigenvalue weighted by Crippen LogP contribution is 2.10. The lowest BCUT2D eigenvalue weighted by Crippen LogP contribution is -2.58.